The van der Waals surface area contributed by atoms with Crippen molar-refractivity contribution in [2.75, 3.05) is 26.7 Å². The van der Waals surface area contributed by atoms with Crippen LogP contribution in [0.15, 0.2) is 42.5 Å². The Morgan fingerprint density at radius 3 is 2.80 bits per heavy atom. The molecule has 0 aromatic heterocycles. The largest absolute Gasteiger partial charge is 0.374 e. The minimum absolute atomic E-state index is 0.0161. The normalized spacial score (nSPS) is 22.0. The van der Waals surface area contributed by atoms with Crippen molar-refractivity contribution in [1.29, 1.82) is 0 Å². The molecule has 0 spiro atoms. The second-order valence-corrected chi connectivity index (χ2v) is 5.42. The van der Waals surface area contributed by atoms with Crippen LogP contribution in [0, 0.1) is 0 Å². The van der Waals surface area contributed by atoms with Crippen LogP contribution < -0.4 is 11.3 Å². The molecule has 2 unspecified atom stereocenters. The van der Waals surface area contributed by atoms with Gasteiger partial charge in [-0.3, -0.25) is 11.3 Å². The van der Waals surface area contributed by atoms with Crippen molar-refractivity contribution in [3.63, 3.8) is 0 Å². The monoisotopic (exact) mass is 271 g/mol. The molecule has 2 atom stereocenters. The van der Waals surface area contributed by atoms with Crippen molar-refractivity contribution in [3.8, 4) is 0 Å². The molecule has 1 heterocycles. The number of hydrogen-bond donors (Lipinski definition) is 2. The molecule has 0 amide bonds. The van der Waals surface area contributed by atoms with Gasteiger partial charge in [0, 0.05) is 13.1 Å². The first-order valence-electron chi connectivity index (χ1n) is 7.03. The molecule has 4 nitrogen and oxygen atoms in total. The zero-order valence-electron chi connectivity index (χ0n) is 11.8. The van der Waals surface area contributed by atoms with Crippen LogP contribution in [0.5, 0.6) is 0 Å². The molecule has 2 aromatic carbocycles. The minimum Gasteiger partial charge on any atom is -0.374 e. The lowest BCUT2D eigenvalue weighted by Gasteiger charge is -2.35. The summed E-state index contributed by atoms with van der Waals surface area (Å²) in [5.74, 6) is 5.78. The van der Waals surface area contributed by atoms with Crippen LogP contribution in [0.4, 0.5) is 0 Å². The lowest BCUT2D eigenvalue weighted by molar-refractivity contribution is -0.0392. The Balaban J connectivity index is 1.90. The van der Waals surface area contributed by atoms with Gasteiger partial charge in [0.15, 0.2) is 0 Å². The van der Waals surface area contributed by atoms with E-state index in [1.165, 1.54) is 16.3 Å². The summed E-state index contributed by atoms with van der Waals surface area (Å²) < 4.78 is 5.88. The number of nitrogens with one attached hydrogen (secondary N) is 1. The molecule has 2 aromatic rings. The van der Waals surface area contributed by atoms with Crippen molar-refractivity contribution in [2.45, 2.75) is 12.1 Å². The summed E-state index contributed by atoms with van der Waals surface area (Å²) >= 11 is 0. The average Bonchev–Trinajstić information content (AvgIpc) is 2.48. The molecule has 1 fully saturated rings. The minimum atomic E-state index is 0.0161. The van der Waals surface area contributed by atoms with Gasteiger partial charge in [-0.05, 0) is 29.4 Å². The van der Waals surface area contributed by atoms with Crippen molar-refractivity contribution in [1.82, 2.24) is 10.3 Å². The topological polar surface area (TPSA) is 50.5 Å². The van der Waals surface area contributed by atoms with Crippen LogP contribution in [-0.4, -0.2) is 37.7 Å². The van der Waals surface area contributed by atoms with E-state index >= 15 is 0 Å². The summed E-state index contributed by atoms with van der Waals surface area (Å²) in [7, 11) is 2.11. The Morgan fingerprint density at radius 2 is 2.05 bits per heavy atom. The second-order valence-electron chi connectivity index (χ2n) is 5.42. The van der Waals surface area contributed by atoms with E-state index in [2.05, 4.69) is 59.8 Å². The molecule has 0 radical (unpaired) electrons. The van der Waals surface area contributed by atoms with Gasteiger partial charge in [-0.2, -0.15) is 0 Å². The Bertz CT molecular complexity index is 587. The quantitative estimate of drug-likeness (QED) is 0.659. The van der Waals surface area contributed by atoms with Gasteiger partial charge in [-0.15, -0.1) is 0 Å². The highest BCUT2D eigenvalue weighted by atomic mass is 16.5. The highest BCUT2D eigenvalue weighted by Gasteiger charge is 2.27. The number of hydrazine groups is 1. The maximum atomic E-state index is 5.88. The maximum absolute atomic E-state index is 5.88. The van der Waals surface area contributed by atoms with Crippen LogP contribution in [0.2, 0.25) is 0 Å². The predicted molar refractivity (Wildman–Crippen MR) is 81.2 cm³/mol. The van der Waals surface area contributed by atoms with E-state index in [1.54, 1.807) is 0 Å². The molecule has 0 saturated carbocycles. The van der Waals surface area contributed by atoms with Crippen molar-refractivity contribution < 1.29 is 4.74 Å². The summed E-state index contributed by atoms with van der Waals surface area (Å²) in [6, 6.07) is 14.8. The van der Waals surface area contributed by atoms with Crippen LogP contribution in [0.1, 0.15) is 11.6 Å². The van der Waals surface area contributed by atoms with Crippen LogP contribution in [0.25, 0.3) is 10.8 Å². The third kappa shape index (κ3) is 2.69. The number of nitrogens with two attached hydrogens (primary N) is 1. The zero-order valence-corrected chi connectivity index (χ0v) is 11.8. The van der Waals surface area contributed by atoms with E-state index in [4.69, 9.17) is 10.6 Å². The van der Waals surface area contributed by atoms with E-state index in [-0.39, 0.29) is 12.1 Å². The van der Waals surface area contributed by atoms with Gasteiger partial charge in [-0.25, -0.2) is 0 Å². The highest BCUT2D eigenvalue weighted by Crippen LogP contribution is 2.25. The Hall–Kier alpha value is -1.46. The number of hydrogen-bond acceptors (Lipinski definition) is 4. The van der Waals surface area contributed by atoms with Crippen molar-refractivity contribution in [2.24, 2.45) is 5.84 Å². The van der Waals surface area contributed by atoms with Gasteiger partial charge in [0.05, 0.1) is 18.8 Å². The fourth-order valence-corrected chi connectivity index (χ4v) is 2.83. The van der Waals surface area contributed by atoms with Crippen LogP contribution in [0.3, 0.4) is 0 Å². The van der Waals surface area contributed by atoms with Gasteiger partial charge >= 0.3 is 0 Å². The third-order valence-electron chi connectivity index (χ3n) is 3.98. The molecule has 1 saturated heterocycles. The average molecular weight is 271 g/mol. The fraction of sp³-hybridized carbons (Fsp3) is 0.375. The van der Waals surface area contributed by atoms with Gasteiger partial charge in [0.2, 0.25) is 0 Å². The van der Waals surface area contributed by atoms with Gasteiger partial charge in [0.25, 0.3) is 0 Å². The third-order valence-corrected chi connectivity index (χ3v) is 3.98. The maximum Gasteiger partial charge on any atom is 0.0909 e. The number of likely N-dealkylation sites (N-methyl/N-ethyl adjacent to an activating group) is 1. The van der Waals surface area contributed by atoms with E-state index in [0.29, 0.717) is 0 Å². The standard InChI is InChI=1S/C16H21N3O/c1-19-8-9-20-15(11-19)16(18-17)14-7-6-12-4-2-3-5-13(12)10-14/h2-7,10,15-16,18H,8-9,11,17H2,1H3. The van der Waals surface area contributed by atoms with Gasteiger partial charge in [-0.1, -0.05) is 36.4 Å². The molecule has 20 heavy (non-hydrogen) atoms. The SMILES string of the molecule is CN1CCOC(C(NN)c2ccc3ccccc3c2)C1. The second kappa shape index (κ2) is 5.89. The number of fused-ring (bicyclic) bond motifs is 1. The van der Waals surface area contributed by atoms with Gasteiger partial charge in [0.1, 0.15) is 0 Å². The lowest BCUT2D eigenvalue weighted by atomic mass is 9.97. The summed E-state index contributed by atoms with van der Waals surface area (Å²) in [5, 5.41) is 2.48. The first-order chi connectivity index (χ1) is 9.78. The lowest BCUT2D eigenvalue weighted by Crippen LogP contribution is -2.48. The smallest absolute Gasteiger partial charge is 0.0909 e. The molecule has 4 heteroatoms. The Labute approximate surface area is 119 Å². The number of ether oxygens (including phenoxy) is 1. The van der Waals surface area contributed by atoms with E-state index in [9.17, 15) is 0 Å². The Morgan fingerprint density at radius 1 is 1.25 bits per heavy atom. The summed E-state index contributed by atoms with van der Waals surface area (Å²) in [6.45, 7) is 2.63. The van der Waals surface area contributed by atoms with Crippen molar-refractivity contribution >= 4 is 10.8 Å². The molecular formula is C16H21N3O. The molecule has 3 rings (SSSR count). The highest BCUT2D eigenvalue weighted by molar-refractivity contribution is 5.83. The van der Waals surface area contributed by atoms with Crippen molar-refractivity contribution in [3.05, 3.63) is 48.0 Å². The fourth-order valence-electron chi connectivity index (χ4n) is 2.83. The number of morpholine rings is 1. The predicted octanol–water partition coefficient (Wildman–Crippen LogP) is 1.67. The summed E-state index contributed by atoms with van der Waals surface area (Å²) in [5.41, 5.74) is 4.09. The molecule has 106 valence electrons. The number of rotatable bonds is 3. The van der Waals surface area contributed by atoms with Gasteiger partial charge < -0.3 is 9.64 Å². The molecule has 3 N–H and O–H groups in total. The summed E-state index contributed by atoms with van der Waals surface area (Å²) in [4.78, 5) is 2.28. The molecule has 1 aliphatic heterocycles. The molecule has 1 aliphatic rings. The molecular weight excluding hydrogens is 250 g/mol. The van der Waals surface area contributed by atoms with E-state index < -0.39 is 0 Å². The first kappa shape index (κ1) is 13.5. The van der Waals surface area contributed by atoms with Crippen LogP contribution in [-0.2, 0) is 4.74 Å². The number of benzene rings is 2. The van der Waals surface area contributed by atoms with Crippen LogP contribution >= 0.6 is 0 Å². The molecule has 0 aliphatic carbocycles. The van der Waals surface area contributed by atoms with E-state index in [1.807, 2.05) is 0 Å². The molecule has 0 bridgehead atoms. The first-order valence-corrected chi connectivity index (χ1v) is 7.03. The Kier molecular flexibility index (Phi) is 3.98. The zero-order chi connectivity index (χ0) is 13.9. The number of nitrogens with zero attached hydrogens (tertiary/aromatic N) is 1. The van der Waals surface area contributed by atoms with E-state index in [0.717, 1.165) is 19.7 Å². The summed E-state index contributed by atoms with van der Waals surface area (Å²) in [6.07, 6.45) is 0.0833.